The van der Waals surface area contributed by atoms with Crippen LogP contribution in [0.3, 0.4) is 0 Å². The Morgan fingerprint density at radius 2 is 2.10 bits per heavy atom. The van der Waals surface area contributed by atoms with Crippen LogP contribution in [0.4, 0.5) is 0 Å². The molecular weight excluding hydrogens is 278 g/mol. The lowest BCUT2D eigenvalue weighted by Gasteiger charge is -2.15. The maximum absolute atomic E-state index is 11.9. The highest BCUT2D eigenvalue weighted by Crippen LogP contribution is 2.32. The first kappa shape index (κ1) is 13.4. The standard InChI is InChI=1S/C15H16ClNO3/c16-13-4-2-1-3-12(13)15(19)20-9-10-7-14(18)17(8-10)11-5-6-11/h1-4,10-11H,5-9H2/t10-/m1/s1. The van der Waals surface area contributed by atoms with Gasteiger partial charge in [-0.05, 0) is 25.0 Å². The van der Waals surface area contributed by atoms with Crippen LogP contribution in [0, 0.1) is 5.92 Å². The van der Waals surface area contributed by atoms with Crippen molar-refractivity contribution in [2.24, 2.45) is 5.92 Å². The van der Waals surface area contributed by atoms with E-state index in [1.165, 1.54) is 0 Å². The van der Waals surface area contributed by atoms with Crippen LogP contribution in [-0.4, -0.2) is 36.0 Å². The fraction of sp³-hybridized carbons (Fsp3) is 0.467. The molecule has 0 bridgehead atoms. The predicted octanol–water partition coefficient (Wildman–Crippen LogP) is 2.51. The highest BCUT2D eigenvalue weighted by atomic mass is 35.5. The van der Waals surface area contributed by atoms with E-state index in [9.17, 15) is 9.59 Å². The maximum Gasteiger partial charge on any atom is 0.339 e. The molecule has 1 aromatic rings. The number of ether oxygens (including phenoxy) is 1. The summed E-state index contributed by atoms with van der Waals surface area (Å²) in [5.74, 6) is -0.131. The highest BCUT2D eigenvalue weighted by molar-refractivity contribution is 6.33. The van der Waals surface area contributed by atoms with Crippen molar-refractivity contribution in [2.75, 3.05) is 13.2 Å². The van der Waals surface area contributed by atoms with Crippen molar-refractivity contribution in [3.8, 4) is 0 Å². The van der Waals surface area contributed by atoms with Crippen LogP contribution < -0.4 is 0 Å². The van der Waals surface area contributed by atoms with Crippen LogP contribution in [0.5, 0.6) is 0 Å². The molecule has 1 aliphatic carbocycles. The van der Waals surface area contributed by atoms with Crippen molar-refractivity contribution in [3.63, 3.8) is 0 Å². The van der Waals surface area contributed by atoms with Crippen molar-refractivity contribution in [2.45, 2.75) is 25.3 Å². The van der Waals surface area contributed by atoms with Crippen LogP contribution in [0.2, 0.25) is 5.02 Å². The number of nitrogens with zero attached hydrogens (tertiary/aromatic N) is 1. The lowest BCUT2D eigenvalue weighted by atomic mass is 10.1. The van der Waals surface area contributed by atoms with Gasteiger partial charge in [-0.1, -0.05) is 23.7 Å². The van der Waals surface area contributed by atoms with E-state index in [0.29, 0.717) is 29.6 Å². The van der Waals surface area contributed by atoms with Crippen LogP contribution >= 0.6 is 11.6 Å². The molecule has 1 saturated carbocycles. The zero-order valence-electron chi connectivity index (χ0n) is 11.0. The Kier molecular flexibility index (Phi) is 3.66. The molecule has 2 fully saturated rings. The molecule has 0 N–H and O–H groups in total. The summed E-state index contributed by atoms with van der Waals surface area (Å²) in [6, 6.07) is 7.25. The Balaban J connectivity index is 1.54. The first-order valence-electron chi connectivity index (χ1n) is 6.86. The molecular formula is C15H16ClNO3. The smallest absolute Gasteiger partial charge is 0.339 e. The minimum absolute atomic E-state index is 0.106. The molecule has 0 aromatic heterocycles. The number of carbonyl (C=O) groups excluding carboxylic acids is 2. The van der Waals surface area contributed by atoms with Gasteiger partial charge >= 0.3 is 5.97 Å². The molecule has 1 aliphatic heterocycles. The van der Waals surface area contributed by atoms with Gasteiger partial charge in [-0.2, -0.15) is 0 Å². The number of hydrogen-bond acceptors (Lipinski definition) is 3. The molecule has 5 heteroatoms. The normalized spacial score (nSPS) is 22.1. The highest BCUT2D eigenvalue weighted by Gasteiger charge is 2.39. The van der Waals surface area contributed by atoms with Gasteiger partial charge in [-0.3, -0.25) is 4.79 Å². The van der Waals surface area contributed by atoms with Crippen LogP contribution in [0.1, 0.15) is 29.6 Å². The number of hydrogen-bond donors (Lipinski definition) is 0. The van der Waals surface area contributed by atoms with Crippen molar-refractivity contribution in [3.05, 3.63) is 34.9 Å². The first-order chi connectivity index (χ1) is 9.65. The second kappa shape index (κ2) is 5.44. The summed E-state index contributed by atoms with van der Waals surface area (Å²) in [6.07, 6.45) is 2.70. The second-order valence-corrected chi connectivity index (χ2v) is 5.83. The van der Waals surface area contributed by atoms with Gasteiger partial charge < -0.3 is 9.64 Å². The Morgan fingerprint density at radius 1 is 1.35 bits per heavy atom. The van der Waals surface area contributed by atoms with Gasteiger partial charge in [0.1, 0.15) is 0 Å². The zero-order chi connectivity index (χ0) is 14.1. The molecule has 0 unspecified atom stereocenters. The Hall–Kier alpha value is -1.55. The number of halogens is 1. The third-order valence-electron chi connectivity index (χ3n) is 3.77. The number of esters is 1. The molecule has 1 heterocycles. The van der Waals surface area contributed by atoms with Gasteiger partial charge in [0.25, 0.3) is 0 Å². The average Bonchev–Trinajstić information content (AvgIpc) is 3.20. The quantitative estimate of drug-likeness (QED) is 0.801. The lowest BCUT2D eigenvalue weighted by molar-refractivity contribution is -0.128. The molecule has 2 aliphatic rings. The van der Waals surface area contributed by atoms with Crippen LogP contribution in [0.25, 0.3) is 0 Å². The van der Waals surface area contributed by atoms with Crippen LogP contribution in [-0.2, 0) is 9.53 Å². The summed E-state index contributed by atoms with van der Waals surface area (Å²) in [5.41, 5.74) is 0.373. The number of likely N-dealkylation sites (tertiary alicyclic amines) is 1. The molecule has 0 radical (unpaired) electrons. The largest absolute Gasteiger partial charge is 0.462 e. The Labute approximate surface area is 122 Å². The molecule has 4 nitrogen and oxygen atoms in total. The third-order valence-corrected chi connectivity index (χ3v) is 4.10. The lowest BCUT2D eigenvalue weighted by Crippen LogP contribution is -2.27. The van der Waals surface area contributed by atoms with E-state index < -0.39 is 5.97 Å². The summed E-state index contributed by atoms with van der Waals surface area (Å²) in [7, 11) is 0. The fourth-order valence-electron chi connectivity index (χ4n) is 2.56. The third kappa shape index (κ3) is 2.80. The van der Waals surface area contributed by atoms with Gasteiger partial charge in [0.15, 0.2) is 0 Å². The molecule has 3 rings (SSSR count). The van der Waals surface area contributed by atoms with E-state index in [0.717, 1.165) is 12.8 Å². The van der Waals surface area contributed by atoms with E-state index in [2.05, 4.69) is 0 Å². The Bertz CT molecular complexity index is 542. The summed E-state index contributed by atoms with van der Waals surface area (Å²) < 4.78 is 5.29. The molecule has 1 aromatic carbocycles. The fourth-order valence-corrected chi connectivity index (χ4v) is 2.77. The summed E-state index contributed by atoms with van der Waals surface area (Å²) in [6.45, 7) is 0.984. The summed E-state index contributed by atoms with van der Waals surface area (Å²) in [5, 5.41) is 0.389. The summed E-state index contributed by atoms with van der Waals surface area (Å²) in [4.78, 5) is 25.7. The summed E-state index contributed by atoms with van der Waals surface area (Å²) >= 11 is 5.95. The minimum Gasteiger partial charge on any atom is -0.462 e. The van der Waals surface area contributed by atoms with Crippen molar-refractivity contribution >= 4 is 23.5 Å². The second-order valence-electron chi connectivity index (χ2n) is 5.43. The number of amides is 1. The Morgan fingerprint density at radius 3 is 2.80 bits per heavy atom. The van der Waals surface area contributed by atoms with E-state index >= 15 is 0 Å². The number of rotatable bonds is 4. The maximum atomic E-state index is 11.9. The van der Waals surface area contributed by atoms with Crippen molar-refractivity contribution < 1.29 is 14.3 Å². The topological polar surface area (TPSA) is 46.6 Å². The van der Waals surface area contributed by atoms with E-state index in [1.807, 2.05) is 4.90 Å². The van der Waals surface area contributed by atoms with Gasteiger partial charge in [0.05, 0.1) is 17.2 Å². The number of benzene rings is 1. The zero-order valence-corrected chi connectivity index (χ0v) is 11.8. The molecule has 106 valence electrons. The predicted molar refractivity (Wildman–Crippen MR) is 74.6 cm³/mol. The first-order valence-corrected chi connectivity index (χ1v) is 7.24. The van der Waals surface area contributed by atoms with E-state index in [4.69, 9.17) is 16.3 Å². The minimum atomic E-state index is -0.423. The number of carbonyl (C=O) groups is 2. The molecule has 0 spiro atoms. The van der Waals surface area contributed by atoms with Crippen molar-refractivity contribution in [1.29, 1.82) is 0 Å². The van der Waals surface area contributed by atoms with Crippen LogP contribution in [0.15, 0.2) is 24.3 Å². The van der Waals surface area contributed by atoms with Gasteiger partial charge in [0.2, 0.25) is 5.91 Å². The molecule has 1 amide bonds. The monoisotopic (exact) mass is 293 g/mol. The van der Waals surface area contributed by atoms with E-state index in [-0.39, 0.29) is 18.4 Å². The van der Waals surface area contributed by atoms with Gasteiger partial charge in [-0.25, -0.2) is 4.79 Å². The molecule has 20 heavy (non-hydrogen) atoms. The van der Waals surface area contributed by atoms with Crippen molar-refractivity contribution in [1.82, 2.24) is 4.90 Å². The average molecular weight is 294 g/mol. The molecule has 1 atom stereocenters. The van der Waals surface area contributed by atoms with Gasteiger partial charge in [-0.15, -0.1) is 0 Å². The van der Waals surface area contributed by atoms with E-state index in [1.54, 1.807) is 24.3 Å². The SMILES string of the molecule is O=C(OC[C@@H]1CC(=O)N(C2CC2)C1)c1ccccc1Cl. The molecule has 1 saturated heterocycles. The van der Waals surface area contributed by atoms with Gasteiger partial charge in [0, 0.05) is 24.9 Å².